The normalized spacial score (nSPS) is 12.3. The van der Waals surface area contributed by atoms with Gasteiger partial charge >= 0.3 is 5.97 Å². The molecule has 0 N–H and O–H groups in total. The highest BCUT2D eigenvalue weighted by molar-refractivity contribution is 6.25. The van der Waals surface area contributed by atoms with Crippen LogP contribution >= 0.6 is 0 Å². The summed E-state index contributed by atoms with van der Waals surface area (Å²) in [4.78, 5) is 24.4. The van der Waals surface area contributed by atoms with Crippen LogP contribution in [-0.4, -0.2) is 18.4 Å². The number of rotatable bonds is 17. The van der Waals surface area contributed by atoms with E-state index < -0.39 is 41.2 Å². The van der Waals surface area contributed by atoms with Crippen molar-refractivity contribution in [3.05, 3.63) is 173 Å². The SMILES string of the molecule is O=C(CC(=O)c1cc(F)c(F)cc1F)OCc1ccc(OCCCCCCCCCCC2c3c(c4ccccc4c4ccccc34)-c3c2c2ccccc2c2ccccc32)cc1. The van der Waals surface area contributed by atoms with Crippen molar-refractivity contribution in [2.75, 3.05) is 6.61 Å². The fourth-order valence-corrected chi connectivity index (χ4v) is 9.59. The minimum absolute atomic E-state index is 0.0988. The topological polar surface area (TPSA) is 52.6 Å². The molecule has 9 rings (SSSR count). The number of halogens is 3. The van der Waals surface area contributed by atoms with Crippen molar-refractivity contribution < 1.29 is 32.2 Å². The monoisotopic (exact) mass is 828 g/mol. The van der Waals surface area contributed by atoms with Gasteiger partial charge in [0.05, 0.1) is 12.2 Å². The summed E-state index contributed by atoms with van der Waals surface area (Å²) in [5.74, 6) is -4.86. The van der Waals surface area contributed by atoms with Gasteiger partial charge in [0.15, 0.2) is 17.4 Å². The average molecular weight is 829 g/mol. The molecule has 312 valence electrons. The molecule has 0 bridgehead atoms. The van der Waals surface area contributed by atoms with Crippen LogP contribution in [-0.2, 0) is 16.1 Å². The highest BCUT2D eigenvalue weighted by atomic mass is 19.2. The molecule has 0 radical (unpaired) electrons. The van der Waals surface area contributed by atoms with Gasteiger partial charge in [-0.3, -0.25) is 9.59 Å². The van der Waals surface area contributed by atoms with Gasteiger partial charge in [0.25, 0.3) is 0 Å². The number of ether oxygens (including phenoxy) is 2. The fraction of sp³-hybridized carbons (Fsp3) is 0.236. The zero-order chi connectivity index (χ0) is 42.6. The quantitative estimate of drug-likeness (QED) is 0.0229. The van der Waals surface area contributed by atoms with Crippen LogP contribution in [0.25, 0.3) is 54.2 Å². The van der Waals surface area contributed by atoms with E-state index in [0.717, 1.165) is 19.3 Å². The largest absolute Gasteiger partial charge is 0.494 e. The molecule has 62 heavy (non-hydrogen) atoms. The number of hydrogen-bond donors (Lipinski definition) is 0. The Morgan fingerprint density at radius 2 is 0.935 bits per heavy atom. The van der Waals surface area contributed by atoms with Crippen LogP contribution in [0.5, 0.6) is 5.75 Å². The Labute approximate surface area is 359 Å². The lowest BCUT2D eigenvalue weighted by Crippen LogP contribution is -2.13. The maximum atomic E-state index is 13.9. The molecule has 1 aliphatic carbocycles. The Balaban J connectivity index is 0.746. The first-order valence-electron chi connectivity index (χ1n) is 21.8. The summed E-state index contributed by atoms with van der Waals surface area (Å²) < 4.78 is 51.6. The van der Waals surface area contributed by atoms with E-state index in [4.69, 9.17) is 9.47 Å². The highest BCUT2D eigenvalue weighted by Gasteiger charge is 2.35. The second kappa shape index (κ2) is 18.3. The number of carbonyl (C=O) groups excluding carboxylic acids is 2. The average Bonchev–Trinajstić information content (AvgIpc) is 3.65. The van der Waals surface area contributed by atoms with Gasteiger partial charge in [0.1, 0.15) is 24.6 Å². The Morgan fingerprint density at radius 1 is 0.484 bits per heavy atom. The third kappa shape index (κ3) is 8.16. The van der Waals surface area contributed by atoms with Gasteiger partial charge in [-0.2, -0.15) is 0 Å². The molecule has 0 heterocycles. The maximum Gasteiger partial charge on any atom is 0.314 e. The number of fused-ring (bicyclic) bond motifs is 13. The fourth-order valence-electron chi connectivity index (χ4n) is 9.59. The smallest absolute Gasteiger partial charge is 0.314 e. The first kappa shape index (κ1) is 40.9. The molecule has 1 aliphatic rings. The number of benzene rings is 8. The summed E-state index contributed by atoms with van der Waals surface area (Å²) in [5.41, 5.74) is 5.85. The molecule has 0 fully saturated rings. The molecule has 0 amide bonds. The molecule has 0 saturated carbocycles. The van der Waals surface area contributed by atoms with Gasteiger partial charge in [-0.05, 0) is 102 Å². The zero-order valence-corrected chi connectivity index (χ0v) is 34.5. The van der Waals surface area contributed by atoms with Crippen molar-refractivity contribution in [2.24, 2.45) is 0 Å². The van der Waals surface area contributed by atoms with Crippen molar-refractivity contribution in [2.45, 2.75) is 76.7 Å². The Hall–Kier alpha value is -6.47. The molecule has 8 aromatic rings. The first-order valence-corrected chi connectivity index (χ1v) is 21.8. The Morgan fingerprint density at radius 3 is 1.48 bits per heavy atom. The van der Waals surface area contributed by atoms with Crippen LogP contribution in [0.3, 0.4) is 0 Å². The van der Waals surface area contributed by atoms with Crippen molar-refractivity contribution in [1.82, 2.24) is 0 Å². The minimum Gasteiger partial charge on any atom is -0.494 e. The van der Waals surface area contributed by atoms with Gasteiger partial charge in [-0.1, -0.05) is 154 Å². The molecular formula is C55H47F3O4. The van der Waals surface area contributed by atoms with Crippen molar-refractivity contribution in [3.8, 4) is 16.9 Å². The van der Waals surface area contributed by atoms with E-state index in [0.29, 0.717) is 29.9 Å². The molecular weight excluding hydrogens is 782 g/mol. The van der Waals surface area contributed by atoms with E-state index in [2.05, 4.69) is 97.1 Å². The Bertz CT molecular complexity index is 2830. The summed E-state index contributed by atoms with van der Waals surface area (Å²) in [7, 11) is 0. The van der Waals surface area contributed by atoms with Gasteiger partial charge in [-0.25, -0.2) is 13.2 Å². The molecule has 0 saturated heterocycles. The third-order valence-electron chi connectivity index (χ3n) is 12.5. The number of unbranched alkanes of at least 4 members (excludes halogenated alkanes) is 7. The van der Waals surface area contributed by atoms with E-state index in [1.807, 2.05) is 0 Å². The summed E-state index contributed by atoms with van der Waals surface area (Å²) >= 11 is 0. The molecule has 0 unspecified atom stereocenters. The predicted molar refractivity (Wildman–Crippen MR) is 242 cm³/mol. The van der Waals surface area contributed by atoms with E-state index in [9.17, 15) is 22.8 Å². The van der Waals surface area contributed by atoms with Gasteiger partial charge in [0.2, 0.25) is 0 Å². The molecule has 7 heteroatoms. The summed E-state index contributed by atoms with van der Waals surface area (Å²) in [6.07, 6.45) is 9.60. The van der Waals surface area contributed by atoms with Crippen LogP contribution in [0.15, 0.2) is 133 Å². The van der Waals surface area contributed by atoms with Crippen LogP contribution in [0.4, 0.5) is 13.2 Å². The lowest BCUT2D eigenvalue weighted by molar-refractivity contribution is -0.143. The van der Waals surface area contributed by atoms with E-state index in [-0.39, 0.29) is 12.7 Å². The van der Waals surface area contributed by atoms with Crippen molar-refractivity contribution in [1.29, 1.82) is 0 Å². The summed E-state index contributed by atoms with van der Waals surface area (Å²) in [5, 5.41) is 10.8. The minimum atomic E-state index is -1.41. The lowest BCUT2D eigenvalue weighted by atomic mass is 9.84. The van der Waals surface area contributed by atoms with E-state index >= 15 is 0 Å². The Kier molecular flexibility index (Phi) is 12.0. The van der Waals surface area contributed by atoms with Crippen molar-refractivity contribution >= 4 is 54.8 Å². The third-order valence-corrected chi connectivity index (χ3v) is 12.5. The predicted octanol–water partition coefficient (Wildman–Crippen LogP) is 14.7. The molecule has 0 aliphatic heterocycles. The number of ketones is 1. The summed E-state index contributed by atoms with van der Waals surface area (Å²) in [6.45, 7) is 0.508. The number of hydrogen-bond acceptors (Lipinski definition) is 4. The first-order chi connectivity index (χ1) is 30.4. The standard InChI is InChI=1S/C55H47F3O4/c56-47-32-49(58)48(57)31-46(47)50(59)33-51(60)62-34-35-26-28-36(29-27-35)61-30-16-6-4-2-1-3-5-7-25-45-52-41-21-12-8-17-37(41)39-19-10-14-23-43(39)54(52)55-44-24-15-11-20-40(44)38-18-9-13-22-42(38)53(45)55/h8-15,17-24,26-29,31-32,45H,1-7,16,25,30,33-34H2. The zero-order valence-electron chi connectivity index (χ0n) is 34.5. The molecule has 0 aromatic heterocycles. The second-order valence-corrected chi connectivity index (χ2v) is 16.4. The van der Waals surface area contributed by atoms with Crippen molar-refractivity contribution in [3.63, 3.8) is 0 Å². The van der Waals surface area contributed by atoms with Crippen LogP contribution in [0.2, 0.25) is 0 Å². The molecule has 0 atom stereocenters. The van der Waals surface area contributed by atoms with Crippen LogP contribution < -0.4 is 4.74 Å². The van der Waals surface area contributed by atoms with E-state index in [1.54, 1.807) is 24.3 Å². The van der Waals surface area contributed by atoms with Crippen LogP contribution in [0.1, 0.15) is 97.2 Å². The molecule has 4 nitrogen and oxygen atoms in total. The lowest BCUT2D eigenvalue weighted by Gasteiger charge is -2.19. The highest BCUT2D eigenvalue weighted by Crippen LogP contribution is 2.57. The van der Waals surface area contributed by atoms with Gasteiger partial charge in [-0.15, -0.1) is 0 Å². The number of Topliss-reactive ketones (excluding diaryl/α,β-unsaturated/α-hetero) is 1. The number of carbonyl (C=O) groups is 2. The maximum absolute atomic E-state index is 13.9. The summed E-state index contributed by atoms with van der Waals surface area (Å²) in [6, 6.07) is 43.9. The van der Waals surface area contributed by atoms with Gasteiger partial charge in [0, 0.05) is 12.0 Å². The molecule has 0 spiro atoms. The van der Waals surface area contributed by atoms with Crippen LogP contribution in [0, 0.1) is 17.5 Å². The second-order valence-electron chi connectivity index (χ2n) is 16.4. The molecule has 8 aromatic carbocycles. The van der Waals surface area contributed by atoms with Gasteiger partial charge < -0.3 is 9.47 Å². The number of esters is 1. The van der Waals surface area contributed by atoms with E-state index in [1.165, 1.54) is 104 Å².